The minimum Gasteiger partial charge on any atom is -0.373 e. The second-order valence-corrected chi connectivity index (χ2v) is 6.36. The van der Waals surface area contributed by atoms with Gasteiger partial charge in [0.05, 0.1) is 17.3 Å². The van der Waals surface area contributed by atoms with Gasteiger partial charge in [0, 0.05) is 13.2 Å². The lowest BCUT2D eigenvalue weighted by molar-refractivity contribution is -0.164. The van der Waals surface area contributed by atoms with Crippen LogP contribution in [-0.4, -0.2) is 30.5 Å². The molecule has 0 aliphatic carbocycles. The number of hydrogen-bond donors (Lipinski definition) is 1. The number of ether oxygens (including phenoxy) is 2. The van der Waals surface area contributed by atoms with Gasteiger partial charge in [-0.15, -0.1) is 0 Å². The van der Waals surface area contributed by atoms with Crippen molar-refractivity contribution >= 4 is 0 Å². The first-order chi connectivity index (χ1) is 7.60. The van der Waals surface area contributed by atoms with Crippen molar-refractivity contribution in [2.75, 3.05) is 13.2 Å². The first kappa shape index (κ1) is 16.9. The van der Waals surface area contributed by atoms with E-state index in [9.17, 15) is 0 Å². The van der Waals surface area contributed by atoms with Crippen LogP contribution in [0.15, 0.2) is 0 Å². The molecule has 0 spiro atoms. The third-order valence-electron chi connectivity index (χ3n) is 3.14. The zero-order valence-electron chi connectivity index (χ0n) is 12.7. The van der Waals surface area contributed by atoms with Gasteiger partial charge in [-0.05, 0) is 47.0 Å². The summed E-state index contributed by atoms with van der Waals surface area (Å²) in [5.41, 5.74) is 5.10. The Bertz CT molecular complexity index is 212. The van der Waals surface area contributed by atoms with Crippen LogP contribution in [0.5, 0.6) is 0 Å². The average Bonchev–Trinajstić information content (AvgIpc) is 2.16. The Balaban J connectivity index is 4.19. The van der Waals surface area contributed by atoms with Crippen LogP contribution in [0.2, 0.25) is 0 Å². The van der Waals surface area contributed by atoms with Crippen LogP contribution < -0.4 is 5.73 Å². The highest BCUT2D eigenvalue weighted by molar-refractivity contribution is 4.81. The Labute approximate surface area is 107 Å². The van der Waals surface area contributed by atoms with Gasteiger partial charge in [-0.1, -0.05) is 13.8 Å². The second-order valence-electron chi connectivity index (χ2n) is 6.36. The Hall–Kier alpha value is -0.120. The van der Waals surface area contributed by atoms with Crippen molar-refractivity contribution in [3.05, 3.63) is 0 Å². The summed E-state index contributed by atoms with van der Waals surface area (Å²) in [6, 6.07) is 0. The molecule has 0 aliphatic rings. The SMILES string of the molecule is CC(C)CCOC(C)(C)C(C)OC(C)(C)CN. The van der Waals surface area contributed by atoms with E-state index in [1.54, 1.807) is 0 Å². The maximum atomic E-state index is 5.96. The third kappa shape index (κ3) is 7.02. The van der Waals surface area contributed by atoms with Gasteiger partial charge in [0.15, 0.2) is 0 Å². The van der Waals surface area contributed by atoms with E-state index in [-0.39, 0.29) is 17.3 Å². The van der Waals surface area contributed by atoms with Crippen molar-refractivity contribution in [1.29, 1.82) is 0 Å². The number of rotatable bonds is 8. The molecule has 0 fully saturated rings. The fraction of sp³-hybridized carbons (Fsp3) is 1.00. The zero-order chi connectivity index (χ0) is 13.7. The molecule has 1 unspecified atom stereocenters. The Morgan fingerprint density at radius 1 is 1.06 bits per heavy atom. The quantitative estimate of drug-likeness (QED) is 0.715. The first-order valence-electron chi connectivity index (χ1n) is 6.62. The lowest BCUT2D eigenvalue weighted by atomic mass is 10.0. The van der Waals surface area contributed by atoms with Crippen LogP contribution in [0.4, 0.5) is 0 Å². The predicted molar refractivity (Wildman–Crippen MR) is 73.2 cm³/mol. The lowest BCUT2D eigenvalue weighted by Gasteiger charge is -2.37. The smallest absolute Gasteiger partial charge is 0.0884 e. The van der Waals surface area contributed by atoms with Crippen LogP contribution in [0.1, 0.15) is 54.9 Å². The molecule has 104 valence electrons. The maximum absolute atomic E-state index is 5.96. The summed E-state index contributed by atoms with van der Waals surface area (Å²) in [7, 11) is 0. The molecule has 17 heavy (non-hydrogen) atoms. The van der Waals surface area contributed by atoms with Crippen molar-refractivity contribution in [2.24, 2.45) is 11.7 Å². The molecule has 0 aromatic heterocycles. The number of hydrogen-bond acceptors (Lipinski definition) is 3. The van der Waals surface area contributed by atoms with Gasteiger partial charge in [0.25, 0.3) is 0 Å². The van der Waals surface area contributed by atoms with Crippen molar-refractivity contribution in [2.45, 2.75) is 72.2 Å². The minimum absolute atomic E-state index is 0.0215. The Kier molecular flexibility index (Phi) is 6.67. The standard InChI is InChI=1S/C14H31NO2/c1-11(2)8-9-16-14(6,7)12(3)17-13(4,5)10-15/h11-12H,8-10,15H2,1-7H3. The summed E-state index contributed by atoms with van der Waals surface area (Å²) in [6.07, 6.45) is 1.10. The van der Waals surface area contributed by atoms with E-state index >= 15 is 0 Å². The van der Waals surface area contributed by atoms with E-state index < -0.39 is 0 Å². The van der Waals surface area contributed by atoms with Crippen LogP contribution in [0, 0.1) is 5.92 Å². The summed E-state index contributed by atoms with van der Waals surface area (Å²) in [5.74, 6) is 0.669. The largest absolute Gasteiger partial charge is 0.373 e. The van der Waals surface area contributed by atoms with Gasteiger partial charge in [-0.3, -0.25) is 0 Å². The van der Waals surface area contributed by atoms with E-state index in [2.05, 4.69) is 27.7 Å². The fourth-order valence-corrected chi connectivity index (χ4v) is 1.34. The van der Waals surface area contributed by atoms with Gasteiger partial charge in [-0.2, -0.15) is 0 Å². The summed E-state index contributed by atoms with van der Waals surface area (Å²) in [4.78, 5) is 0. The van der Waals surface area contributed by atoms with Gasteiger partial charge in [-0.25, -0.2) is 0 Å². The highest BCUT2D eigenvalue weighted by Gasteiger charge is 2.32. The molecule has 0 saturated heterocycles. The lowest BCUT2D eigenvalue weighted by Crippen LogP contribution is -2.46. The van der Waals surface area contributed by atoms with E-state index in [4.69, 9.17) is 15.2 Å². The van der Waals surface area contributed by atoms with Crippen LogP contribution in [0.25, 0.3) is 0 Å². The summed E-state index contributed by atoms with van der Waals surface area (Å²) >= 11 is 0. The average molecular weight is 245 g/mol. The fourth-order valence-electron chi connectivity index (χ4n) is 1.34. The highest BCUT2D eigenvalue weighted by Crippen LogP contribution is 2.23. The summed E-state index contributed by atoms with van der Waals surface area (Å²) in [6.45, 7) is 15.9. The molecule has 1 atom stereocenters. The van der Waals surface area contributed by atoms with Gasteiger partial charge >= 0.3 is 0 Å². The molecule has 3 nitrogen and oxygen atoms in total. The Morgan fingerprint density at radius 3 is 2.00 bits per heavy atom. The minimum atomic E-state index is -0.294. The molecule has 0 amide bonds. The van der Waals surface area contributed by atoms with Crippen LogP contribution in [0.3, 0.4) is 0 Å². The molecule has 0 rings (SSSR count). The van der Waals surface area contributed by atoms with Crippen LogP contribution in [-0.2, 0) is 9.47 Å². The normalized spacial score (nSPS) is 15.4. The molecular weight excluding hydrogens is 214 g/mol. The molecule has 0 radical (unpaired) electrons. The molecule has 2 N–H and O–H groups in total. The number of nitrogens with two attached hydrogens (primary N) is 1. The van der Waals surface area contributed by atoms with Crippen molar-refractivity contribution in [1.82, 2.24) is 0 Å². The molecule has 0 heterocycles. The molecule has 0 saturated carbocycles. The zero-order valence-corrected chi connectivity index (χ0v) is 12.7. The van der Waals surface area contributed by atoms with Gasteiger partial charge < -0.3 is 15.2 Å². The molecule has 0 aromatic rings. The van der Waals surface area contributed by atoms with E-state index in [1.807, 2.05) is 20.8 Å². The molecular formula is C14H31NO2. The van der Waals surface area contributed by atoms with E-state index in [0.29, 0.717) is 12.5 Å². The highest BCUT2D eigenvalue weighted by atomic mass is 16.6. The predicted octanol–water partition coefficient (Wildman–Crippen LogP) is 2.97. The first-order valence-corrected chi connectivity index (χ1v) is 6.62. The van der Waals surface area contributed by atoms with Crippen LogP contribution >= 0.6 is 0 Å². The van der Waals surface area contributed by atoms with Crippen molar-refractivity contribution < 1.29 is 9.47 Å². The monoisotopic (exact) mass is 245 g/mol. The van der Waals surface area contributed by atoms with Crippen molar-refractivity contribution in [3.63, 3.8) is 0 Å². The molecule has 3 heteroatoms. The van der Waals surface area contributed by atoms with Crippen molar-refractivity contribution in [3.8, 4) is 0 Å². The molecule has 0 aliphatic heterocycles. The van der Waals surface area contributed by atoms with Gasteiger partial charge in [0.1, 0.15) is 0 Å². The summed E-state index contributed by atoms with van der Waals surface area (Å²) < 4.78 is 11.9. The summed E-state index contributed by atoms with van der Waals surface area (Å²) in [5, 5.41) is 0. The maximum Gasteiger partial charge on any atom is 0.0884 e. The third-order valence-corrected chi connectivity index (χ3v) is 3.14. The molecule has 0 aromatic carbocycles. The molecule has 0 bridgehead atoms. The Morgan fingerprint density at radius 2 is 1.59 bits per heavy atom. The topological polar surface area (TPSA) is 44.5 Å². The van der Waals surface area contributed by atoms with E-state index in [1.165, 1.54) is 0 Å². The van der Waals surface area contributed by atoms with Gasteiger partial charge in [0.2, 0.25) is 0 Å². The van der Waals surface area contributed by atoms with E-state index in [0.717, 1.165) is 13.0 Å². The second kappa shape index (κ2) is 6.72.